The van der Waals surface area contributed by atoms with Crippen LogP contribution in [0.1, 0.15) is 24.0 Å². The van der Waals surface area contributed by atoms with Crippen LogP contribution in [-0.2, 0) is 26.9 Å². The summed E-state index contributed by atoms with van der Waals surface area (Å²) in [7, 11) is 0. The van der Waals surface area contributed by atoms with E-state index in [0.717, 1.165) is 12.1 Å². The Morgan fingerprint density at radius 1 is 1.32 bits per heavy atom. The van der Waals surface area contributed by atoms with Crippen molar-refractivity contribution in [2.75, 3.05) is 6.61 Å². The van der Waals surface area contributed by atoms with Gasteiger partial charge in [-0.15, -0.1) is 6.58 Å². The Bertz CT molecular complexity index is 649. The first-order valence-electron chi connectivity index (χ1n) is 7.38. The quantitative estimate of drug-likeness (QED) is 0.575. The summed E-state index contributed by atoms with van der Waals surface area (Å²) < 4.78 is 42.4. The molecule has 1 aromatic carbocycles. The van der Waals surface area contributed by atoms with Crippen LogP contribution >= 0.6 is 0 Å². The maximum absolute atomic E-state index is 12.6. The fraction of sp³-hybridized carbons (Fsp3) is 0.353. The fourth-order valence-electron chi connectivity index (χ4n) is 1.96. The van der Waals surface area contributed by atoms with E-state index in [1.165, 1.54) is 12.1 Å². The van der Waals surface area contributed by atoms with E-state index in [9.17, 15) is 22.8 Å². The lowest BCUT2D eigenvalue weighted by Gasteiger charge is -2.17. The van der Waals surface area contributed by atoms with Gasteiger partial charge < -0.3 is 10.1 Å². The van der Waals surface area contributed by atoms with Gasteiger partial charge in [0.1, 0.15) is 12.1 Å². The molecule has 0 aliphatic rings. The number of benzene rings is 1. The summed E-state index contributed by atoms with van der Waals surface area (Å²) in [6.45, 7) is 3.00. The lowest BCUT2D eigenvalue weighted by molar-refractivity contribution is -0.146. The molecule has 0 unspecified atom stereocenters. The zero-order chi connectivity index (χ0) is 18.9. The van der Waals surface area contributed by atoms with Gasteiger partial charge in [0.15, 0.2) is 6.61 Å². The zero-order valence-corrected chi connectivity index (χ0v) is 13.3. The Kier molecular flexibility index (Phi) is 7.66. The monoisotopic (exact) mass is 354 g/mol. The average Bonchev–Trinajstić information content (AvgIpc) is 2.56. The molecular formula is C17H17F3N2O3. The molecule has 0 radical (unpaired) electrons. The minimum atomic E-state index is -4.46. The Hall–Kier alpha value is -2.82. The van der Waals surface area contributed by atoms with Gasteiger partial charge in [0.2, 0.25) is 5.91 Å². The topological polar surface area (TPSA) is 79.2 Å². The second kappa shape index (κ2) is 9.47. The number of halogens is 3. The minimum Gasteiger partial charge on any atom is -0.449 e. The van der Waals surface area contributed by atoms with E-state index >= 15 is 0 Å². The number of carbonyl (C=O) groups is 2. The summed E-state index contributed by atoms with van der Waals surface area (Å²) in [6, 6.07) is 4.78. The molecule has 0 aliphatic carbocycles. The average molecular weight is 354 g/mol. The fourth-order valence-corrected chi connectivity index (χ4v) is 1.96. The molecule has 25 heavy (non-hydrogen) atoms. The van der Waals surface area contributed by atoms with E-state index in [1.54, 1.807) is 12.1 Å². The van der Waals surface area contributed by atoms with Gasteiger partial charge in [-0.2, -0.15) is 18.4 Å². The molecule has 0 heterocycles. The zero-order valence-electron chi connectivity index (χ0n) is 13.3. The Morgan fingerprint density at radius 3 is 2.48 bits per heavy atom. The predicted octanol–water partition coefficient (Wildman–Crippen LogP) is 2.77. The van der Waals surface area contributed by atoms with Gasteiger partial charge in [0, 0.05) is 12.8 Å². The van der Waals surface area contributed by atoms with Crippen molar-refractivity contribution in [3.8, 4) is 6.07 Å². The normalized spacial score (nSPS) is 11.9. The SMILES string of the molecule is C=CCCC(=O)N[C@@H](Cc1ccc(C(F)(F)F)cc1)C(=O)OCC#N. The summed E-state index contributed by atoms with van der Waals surface area (Å²) in [5, 5.41) is 10.9. The van der Waals surface area contributed by atoms with E-state index < -0.39 is 36.3 Å². The van der Waals surface area contributed by atoms with Gasteiger partial charge >= 0.3 is 12.1 Å². The Labute approximate surface area is 143 Å². The molecule has 134 valence electrons. The summed E-state index contributed by atoms with van der Waals surface area (Å²) in [6.07, 6.45) is -2.45. The molecule has 8 heteroatoms. The molecule has 1 atom stereocenters. The molecule has 1 rings (SSSR count). The van der Waals surface area contributed by atoms with Crippen molar-refractivity contribution in [1.29, 1.82) is 5.26 Å². The van der Waals surface area contributed by atoms with Gasteiger partial charge in [-0.05, 0) is 24.1 Å². The number of amides is 1. The Balaban J connectivity index is 2.84. The van der Waals surface area contributed by atoms with Crippen LogP contribution in [0.15, 0.2) is 36.9 Å². The van der Waals surface area contributed by atoms with Crippen molar-refractivity contribution in [2.45, 2.75) is 31.5 Å². The summed E-state index contributed by atoms with van der Waals surface area (Å²) in [4.78, 5) is 23.7. The Morgan fingerprint density at radius 2 is 1.96 bits per heavy atom. The number of esters is 1. The molecule has 1 amide bonds. The van der Waals surface area contributed by atoms with Crippen LogP contribution < -0.4 is 5.32 Å². The standard InChI is InChI=1S/C17H17F3N2O3/c1-2-3-4-15(23)22-14(16(24)25-10-9-21)11-12-5-7-13(8-6-12)17(18,19)20/h2,5-8,14H,1,3-4,10-11H2,(H,22,23)/t14-/m0/s1. The van der Waals surface area contributed by atoms with Crippen molar-refractivity contribution in [2.24, 2.45) is 0 Å². The number of rotatable bonds is 8. The molecular weight excluding hydrogens is 337 g/mol. The molecule has 0 spiro atoms. The molecule has 0 bridgehead atoms. The number of hydrogen-bond acceptors (Lipinski definition) is 4. The first kappa shape index (κ1) is 20.2. The van der Waals surface area contributed by atoms with Crippen molar-refractivity contribution < 1.29 is 27.5 Å². The van der Waals surface area contributed by atoms with Gasteiger partial charge in [-0.3, -0.25) is 4.79 Å². The maximum Gasteiger partial charge on any atom is 0.416 e. The van der Waals surface area contributed by atoms with Gasteiger partial charge in [0.05, 0.1) is 5.56 Å². The predicted molar refractivity (Wildman–Crippen MR) is 83.1 cm³/mol. The molecule has 0 aliphatic heterocycles. The largest absolute Gasteiger partial charge is 0.449 e. The third kappa shape index (κ3) is 7.08. The summed E-state index contributed by atoms with van der Waals surface area (Å²) in [5.41, 5.74) is -0.397. The van der Waals surface area contributed by atoms with Crippen LogP contribution in [-0.4, -0.2) is 24.5 Å². The van der Waals surface area contributed by atoms with E-state index in [0.29, 0.717) is 12.0 Å². The number of hydrogen-bond donors (Lipinski definition) is 1. The van der Waals surface area contributed by atoms with Crippen molar-refractivity contribution in [3.05, 3.63) is 48.0 Å². The minimum absolute atomic E-state index is 0.0533. The molecule has 0 fully saturated rings. The lowest BCUT2D eigenvalue weighted by atomic mass is 10.0. The van der Waals surface area contributed by atoms with Crippen molar-refractivity contribution in [1.82, 2.24) is 5.32 Å². The maximum atomic E-state index is 12.6. The van der Waals surface area contributed by atoms with Crippen LogP contribution in [0.4, 0.5) is 13.2 Å². The molecule has 0 saturated carbocycles. The lowest BCUT2D eigenvalue weighted by Crippen LogP contribution is -2.43. The second-order valence-corrected chi connectivity index (χ2v) is 5.11. The number of alkyl halides is 3. The number of ether oxygens (including phenoxy) is 1. The number of allylic oxidation sites excluding steroid dienone is 1. The molecule has 5 nitrogen and oxygen atoms in total. The smallest absolute Gasteiger partial charge is 0.416 e. The highest BCUT2D eigenvalue weighted by atomic mass is 19.4. The van der Waals surface area contributed by atoms with Crippen LogP contribution in [0.2, 0.25) is 0 Å². The third-order valence-corrected chi connectivity index (χ3v) is 3.20. The van der Waals surface area contributed by atoms with Gasteiger partial charge in [0.25, 0.3) is 0 Å². The van der Waals surface area contributed by atoms with Crippen LogP contribution in [0, 0.1) is 11.3 Å². The number of nitriles is 1. The number of nitrogens with zero attached hydrogens (tertiary/aromatic N) is 1. The van der Waals surface area contributed by atoms with Crippen LogP contribution in [0.25, 0.3) is 0 Å². The highest BCUT2D eigenvalue weighted by molar-refractivity contribution is 5.84. The van der Waals surface area contributed by atoms with Crippen LogP contribution in [0.3, 0.4) is 0 Å². The van der Waals surface area contributed by atoms with Gasteiger partial charge in [-0.25, -0.2) is 4.79 Å². The molecule has 0 saturated heterocycles. The molecule has 1 N–H and O–H groups in total. The van der Waals surface area contributed by atoms with Crippen LogP contribution in [0.5, 0.6) is 0 Å². The van der Waals surface area contributed by atoms with E-state index in [4.69, 9.17) is 10.00 Å². The highest BCUT2D eigenvalue weighted by Crippen LogP contribution is 2.29. The third-order valence-electron chi connectivity index (χ3n) is 3.20. The van der Waals surface area contributed by atoms with E-state index in [2.05, 4.69) is 11.9 Å². The molecule has 0 aromatic heterocycles. The highest BCUT2D eigenvalue weighted by Gasteiger charge is 2.30. The molecule has 1 aromatic rings. The summed E-state index contributed by atoms with van der Waals surface area (Å²) in [5.74, 6) is -1.25. The van der Waals surface area contributed by atoms with Gasteiger partial charge in [-0.1, -0.05) is 18.2 Å². The number of carbonyl (C=O) groups excluding carboxylic acids is 2. The number of nitrogens with one attached hydrogen (secondary N) is 1. The van der Waals surface area contributed by atoms with Crippen molar-refractivity contribution >= 4 is 11.9 Å². The summed E-state index contributed by atoms with van der Waals surface area (Å²) >= 11 is 0. The van der Waals surface area contributed by atoms with Crippen molar-refractivity contribution in [3.63, 3.8) is 0 Å². The first-order chi connectivity index (χ1) is 11.8. The first-order valence-corrected chi connectivity index (χ1v) is 7.38. The van der Waals surface area contributed by atoms with E-state index in [1.807, 2.05) is 0 Å². The second-order valence-electron chi connectivity index (χ2n) is 5.11. The van der Waals surface area contributed by atoms with E-state index in [-0.39, 0.29) is 12.8 Å².